The number of likely N-dealkylation sites (tertiary alicyclic amines) is 1. The Morgan fingerprint density at radius 2 is 1.56 bits per heavy atom. The third-order valence-corrected chi connectivity index (χ3v) is 8.63. The van der Waals surface area contributed by atoms with Crippen molar-refractivity contribution < 1.29 is 32.2 Å². The van der Waals surface area contributed by atoms with Gasteiger partial charge in [0.1, 0.15) is 12.4 Å². The summed E-state index contributed by atoms with van der Waals surface area (Å²) in [5.74, 6) is -0.597. The topological polar surface area (TPSA) is 74.3 Å². The van der Waals surface area contributed by atoms with Crippen LogP contribution in [0.5, 0.6) is 5.75 Å². The normalized spacial score (nSPS) is 20.3. The molecule has 236 valence electrons. The summed E-state index contributed by atoms with van der Waals surface area (Å²) >= 11 is 0. The number of ether oxygens (including phenoxy) is 2. The fourth-order valence-corrected chi connectivity index (χ4v) is 6.21. The number of likely N-dealkylation sites (N-methyl/N-ethyl adjacent to an activating group) is 2. The van der Waals surface area contributed by atoms with Gasteiger partial charge >= 0.3 is 6.18 Å². The first-order chi connectivity index (χ1) is 20.4. The van der Waals surface area contributed by atoms with Crippen molar-refractivity contribution in [1.82, 2.24) is 20.0 Å². The van der Waals surface area contributed by atoms with Gasteiger partial charge in [-0.25, -0.2) is 0 Å². The van der Waals surface area contributed by atoms with E-state index in [-0.39, 0.29) is 50.1 Å². The van der Waals surface area contributed by atoms with Gasteiger partial charge in [0.2, 0.25) is 5.91 Å². The first kappa shape index (κ1) is 32.8. The Morgan fingerprint density at radius 1 is 0.953 bits per heavy atom. The van der Waals surface area contributed by atoms with E-state index in [1.165, 1.54) is 29.2 Å². The maximum Gasteiger partial charge on any atom is 0.430 e. The number of nitrogens with zero attached hydrogens (tertiary/aromatic N) is 3. The van der Waals surface area contributed by atoms with Gasteiger partial charge in [0, 0.05) is 50.6 Å². The number of hydrogen-bond acceptors (Lipinski definition) is 6. The van der Waals surface area contributed by atoms with Crippen LogP contribution in [0.15, 0.2) is 54.6 Å². The Labute approximate surface area is 252 Å². The van der Waals surface area contributed by atoms with E-state index in [1.807, 2.05) is 43.3 Å². The number of para-hydroxylation sites is 1. The summed E-state index contributed by atoms with van der Waals surface area (Å²) in [7, 11) is 7.40. The summed E-state index contributed by atoms with van der Waals surface area (Å²) in [6, 6.07) is 14.9. The van der Waals surface area contributed by atoms with Gasteiger partial charge in [-0.15, -0.1) is 0 Å². The van der Waals surface area contributed by atoms with Crippen LogP contribution in [0.4, 0.5) is 13.2 Å². The quantitative estimate of drug-likeness (QED) is 0.420. The van der Waals surface area contributed by atoms with Crippen LogP contribution in [0, 0.1) is 5.41 Å². The molecule has 2 saturated heterocycles. The summed E-state index contributed by atoms with van der Waals surface area (Å²) in [5.41, 5.74) is -2.95. The molecule has 0 radical (unpaired) electrons. The molecule has 2 aromatic rings. The molecule has 0 aromatic heterocycles. The summed E-state index contributed by atoms with van der Waals surface area (Å²) in [4.78, 5) is 31.7. The maximum absolute atomic E-state index is 15.0. The molecule has 2 aliphatic heterocycles. The van der Waals surface area contributed by atoms with Gasteiger partial charge in [-0.2, -0.15) is 13.2 Å². The lowest BCUT2D eigenvalue weighted by Crippen LogP contribution is -2.60. The first-order valence-corrected chi connectivity index (χ1v) is 14.7. The number of carbonyl (C=O) groups is 2. The molecule has 2 atom stereocenters. The highest BCUT2D eigenvalue weighted by Crippen LogP contribution is 2.52. The van der Waals surface area contributed by atoms with E-state index in [9.17, 15) is 9.59 Å². The largest absolute Gasteiger partial charge is 0.492 e. The predicted molar refractivity (Wildman–Crippen MR) is 158 cm³/mol. The molecule has 1 unspecified atom stereocenters. The van der Waals surface area contributed by atoms with Crippen molar-refractivity contribution >= 4 is 11.8 Å². The van der Waals surface area contributed by atoms with Crippen LogP contribution in [0.25, 0.3) is 0 Å². The molecule has 2 heterocycles. The molecule has 0 bridgehead atoms. The Balaban J connectivity index is 1.62. The molecular formula is C32H43F3N4O4. The third kappa shape index (κ3) is 7.16. The van der Waals surface area contributed by atoms with Crippen LogP contribution >= 0.6 is 0 Å². The number of carbonyl (C=O) groups excluding carboxylic acids is 2. The van der Waals surface area contributed by atoms with Crippen molar-refractivity contribution in [3.05, 3.63) is 65.7 Å². The molecule has 4 rings (SSSR count). The van der Waals surface area contributed by atoms with Crippen LogP contribution in [0.1, 0.15) is 36.3 Å². The Morgan fingerprint density at radius 3 is 2.19 bits per heavy atom. The van der Waals surface area contributed by atoms with Crippen molar-refractivity contribution in [2.45, 2.75) is 37.0 Å². The Hall–Kier alpha value is -3.15. The van der Waals surface area contributed by atoms with Gasteiger partial charge in [0.05, 0.1) is 6.61 Å². The molecule has 2 amide bonds. The van der Waals surface area contributed by atoms with E-state index in [0.29, 0.717) is 26.0 Å². The lowest BCUT2D eigenvalue weighted by molar-refractivity contribution is -0.278. The molecular weight excluding hydrogens is 561 g/mol. The van der Waals surface area contributed by atoms with Gasteiger partial charge in [0.15, 0.2) is 0 Å². The average molecular weight is 605 g/mol. The highest BCUT2D eigenvalue weighted by atomic mass is 19.4. The molecule has 43 heavy (non-hydrogen) atoms. The zero-order valence-electron chi connectivity index (χ0n) is 25.5. The number of benzene rings is 2. The van der Waals surface area contributed by atoms with E-state index in [4.69, 9.17) is 9.47 Å². The predicted octanol–water partition coefficient (Wildman–Crippen LogP) is 3.88. The van der Waals surface area contributed by atoms with Crippen molar-refractivity contribution in [3.63, 3.8) is 0 Å². The van der Waals surface area contributed by atoms with Crippen LogP contribution in [-0.4, -0.2) is 107 Å². The van der Waals surface area contributed by atoms with Gasteiger partial charge in [-0.1, -0.05) is 48.5 Å². The molecule has 2 aromatic carbocycles. The second-order valence-corrected chi connectivity index (χ2v) is 12.1. The first-order valence-electron chi connectivity index (χ1n) is 14.7. The number of amides is 2. The van der Waals surface area contributed by atoms with Crippen LogP contribution in [0.2, 0.25) is 0 Å². The summed E-state index contributed by atoms with van der Waals surface area (Å²) in [6.07, 6.45) is -4.01. The summed E-state index contributed by atoms with van der Waals surface area (Å²) in [6.45, 7) is 1.71. The number of hydrogen-bond donors (Lipinski definition) is 1. The van der Waals surface area contributed by atoms with Crippen molar-refractivity contribution in [3.8, 4) is 5.75 Å². The Bertz CT molecular complexity index is 1230. The SMILES string of the molecule is CN(C)CCOc1ccccc1C1CNC(=O)CC12CCN(C(=O)[C@](OCCN(C)C)(c1ccccc1)C(F)(F)F)CC2. The van der Waals surface area contributed by atoms with Gasteiger partial charge < -0.3 is 29.5 Å². The molecule has 2 fully saturated rings. The molecule has 0 aliphatic carbocycles. The van der Waals surface area contributed by atoms with Crippen LogP contribution in [-0.2, 0) is 19.9 Å². The van der Waals surface area contributed by atoms with Crippen LogP contribution < -0.4 is 10.1 Å². The fraction of sp³-hybridized carbons (Fsp3) is 0.562. The minimum atomic E-state index is -5.00. The molecule has 1 spiro atoms. The Kier molecular flexibility index (Phi) is 10.4. The number of piperidine rings is 2. The number of alkyl halides is 3. The lowest BCUT2D eigenvalue weighted by Gasteiger charge is -2.50. The highest BCUT2D eigenvalue weighted by Gasteiger charge is 2.65. The second kappa shape index (κ2) is 13.7. The van der Waals surface area contributed by atoms with Crippen molar-refractivity contribution in [2.24, 2.45) is 5.41 Å². The molecule has 0 saturated carbocycles. The second-order valence-electron chi connectivity index (χ2n) is 12.1. The fourth-order valence-electron chi connectivity index (χ4n) is 6.21. The molecule has 2 aliphatic rings. The smallest absolute Gasteiger partial charge is 0.430 e. The van der Waals surface area contributed by atoms with Gasteiger partial charge in [-0.3, -0.25) is 9.59 Å². The lowest BCUT2D eigenvalue weighted by atomic mass is 9.62. The van der Waals surface area contributed by atoms with E-state index in [1.54, 1.807) is 25.1 Å². The van der Waals surface area contributed by atoms with Crippen LogP contribution in [0.3, 0.4) is 0 Å². The van der Waals surface area contributed by atoms with Crippen molar-refractivity contribution in [2.75, 3.05) is 74.1 Å². The number of halogens is 3. The average Bonchev–Trinajstić information content (AvgIpc) is 2.95. The maximum atomic E-state index is 15.0. The van der Waals surface area contributed by atoms with E-state index in [2.05, 4.69) is 5.32 Å². The molecule has 11 heteroatoms. The minimum absolute atomic E-state index is 0.0774. The highest BCUT2D eigenvalue weighted by molar-refractivity contribution is 5.88. The van der Waals surface area contributed by atoms with Gasteiger partial charge in [-0.05, 0) is 58.1 Å². The number of nitrogens with one attached hydrogen (secondary N) is 1. The number of rotatable bonds is 11. The zero-order chi connectivity index (χ0) is 31.3. The standard InChI is InChI=1S/C32H43F3N4O4/c1-37(2)18-20-42-27-13-9-8-12-25(27)26-23-36-28(40)22-30(26)14-16-39(17-15-30)29(41)31(32(33,34)35,43-21-19-38(3)4)24-10-6-5-7-11-24/h5-13,26H,14-23H2,1-4H3,(H,36,40)/t26?,31-/m1/s1. The van der Waals surface area contributed by atoms with E-state index < -0.39 is 23.1 Å². The molecule has 1 N–H and O–H groups in total. The van der Waals surface area contributed by atoms with Gasteiger partial charge in [0.25, 0.3) is 11.5 Å². The minimum Gasteiger partial charge on any atom is -0.492 e. The summed E-state index contributed by atoms with van der Waals surface area (Å²) in [5, 5.41) is 2.98. The summed E-state index contributed by atoms with van der Waals surface area (Å²) < 4.78 is 56.8. The zero-order valence-corrected chi connectivity index (χ0v) is 25.5. The molecule has 8 nitrogen and oxygen atoms in total. The van der Waals surface area contributed by atoms with E-state index in [0.717, 1.165) is 17.9 Å². The van der Waals surface area contributed by atoms with E-state index >= 15 is 13.2 Å². The third-order valence-electron chi connectivity index (χ3n) is 8.63. The monoisotopic (exact) mass is 604 g/mol. The van der Waals surface area contributed by atoms with Crippen molar-refractivity contribution in [1.29, 1.82) is 0 Å².